The second-order valence-electron chi connectivity index (χ2n) is 6.03. The fraction of sp³-hybridized carbons (Fsp3) is 0.250. The molecule has 0 saturated carbocycles. The highest BCUT2D eigenvalue weighted by molar-refractivity contribution is 7.86. The first-order valence-corrected chi connectivity index (χ1v) is 12.5. The third kappa shape index (κ3) is 9.87. The van der Waals surface area contributed by atoms with Crippen LogP contribution in [0.2, 0.25) is 0 Å². The van der Waals surface area contributed by atoms with Gasteiger partial charge >= 0.3 is 16.6 Å². The molecule has 0 fully saturated rings. The zero-order valence-corrected chi connectivity index (χ0v) is 19.2. The van der Waals surface area contributed by atoms with Crippen LogP contribution >= 0.6 is 0 Å². The number of fused-ring (bicyclic) bond motifs is 1. The predicted molar refractivity (Wildman–Crippen MR) is 111 cm³/mol. The van der Waals surface area contributed by atoms with Gasteiger partial charge in [-0.05, 0) is 23.6 Å². The number of carboxylic acid groups (broad SMARTS) is 1. The zero-order chi connectivity index (χ0) is 26.1. The van der Waals surface area contributed by atoms with Gasteiger partial charge in [-0.25, -0.2) is 4.79 Å². The van der Waals surface area contributed by atoms with Crippen molar-refractivity contribution in [1.29, 1.82) is 0 Å². The largest absolute Gasteiger partial charge is 0.480 e. The molecule has 18 heteroatoms. The highest BCUT2D eigenvalue weighted by Gasteiger charge is 2.22. The Morgan fingerprint density at radius 1 is 0.912 bits per heavy atom. The van der Waals surface area contributed by atoms with Crippen LogP contribution in [0.25, 0.3) is 10.8 Å². The molecule has 188 valence electrons. The molecule has 0 radical (unpaired) electrons. The number of hydrogen-bond donors (Lipinski definition) is 4. The molecule has 34 heavy (non-hydrogen) atoms. The highest BCUT2D eigenvalue weighted by atomic mass is 32.2. The van der Waals surface area contributed by atoms with Gasteiger partial charge in [0.15, 0.2) is 0 Å². The van der Waals surface area contributed by atoms with E-state index in [1.165, 1.54) is 18.2 Å². The summed E-state index contributed by atoms with van der Waals surface area (Å²) in [6.07, 6.45) is 0. The van der Waals surface area contributed by atoms with Crippen LogP contribution in [0, 0.1) is 0 Å². The third-order valence-corrected chi connectivity index (χ3v) is 5.30. The molecule has 0 aliphatic rings. The van der Waals surface area contributed by atoms with E-state index in [9.17, 15) is 35.5 Å². The van der Waals surface area contributed by atoms with Crippen molar-refractivity contribution in [3.05, 3.63) is 30.3 Å². The van der Waals surface area contributed by atoms with Gasteiger partial charge in [-0.3, -0.25) is 13.9 Å². The van der Waals surface area contributed by atoms with E-state index in [1.54, 1.807) is 0 Å². The topological polar surface area (TPSA) is 245 Å². The maximum atomic E-state index is 12.1. The van der Waals surface area contributed by atoms with Gasteiger partial charge in [-0.15, -0.1) is 12.6 Å². The van der Waals surface area contributed by atoms with Crippen LogP contribution in [0.3, 0.4) is 0 Å². The second-order valence-corrected chi connectivity index (χ2v) is 9.25. The van der Waals surface area contributed by atoms with Gasteiger partial charge in [0.25, 0.3) is 20.2 Å². The van der Waals surface area contributed by atoms with Gasteiger partial charge in [0, 0.05) is 5.39 Å². The Balaban J connectivity index is 0.00000133. The Labute approximate surface area is 193 Å². The van der Waals surface area contributed by atoms with Gasteiger partial charge in [-0.2, -0.15) is 16.8 Å². The Morgan fingerprint density at radius 3 is 1.97 bits per heavy atom. The number of rotatable bonds is 10. The van der Waals surface area contributed by atoms with Crippen LogP contribution in [0.5, 0.6) is 0 Å². The van der Waals surface area contributed by atoms with Gasteiger partial charge in [-0.1, -0.05) is 12.1 Å². The molecule has 0 heterocycles. The first kappa shape index (κ1) is 29.0. The quantitative estimate of drug-likeness (QED) is 0.216. The summed E-state index contributed by atoms with van der Waals surface area (Å²) in [4.78, 5) is 20.8. The third-order valence-electron chi connectivity index (χ3n) is 3.59. The lowest BCUT2D eigenvalue weighted by Gasteiger charge is -2.13. The van der Waals surface area contributed by atoms with Crippen LogP contribution in [-0.2, 0) is 49.9 Å². The lowest BCUT2D eigenvalue weighted by atomic mass is 10.1. The van der Waals surface area contributed by atoms with E-state index < -0.39 is 65.7 Å². The SMILES string of the molecule is O=C(O)COCCOCC(=O)Nc1cccc2cc(S(=O)(=O)O)cc(S(=O)(=O)O)c12.O=S(=O)=O. The second kappa shape index (κ2) is 12.5. The van der Waals surface area contributed by atoms with Crippen molar-refractivity contribution >= 4 is 59.2 Å². The molecule has 2 aromatic carbocycles. The number of carbonyl (C=O) groups is 2. The lowest BCUT2D eigenvalue weighted by molar-refractivity contribution is -0.143. The molecule has 0 spiro atoms. The van der Waals surface area contributed by atoms with Crippen molar-refractivity contribution in [2.24, 2.45) is 0 Å². The molecular formula is C16H17NO14S3. The molecule has 0 saturated heterocycles. The molecule has 0 atom stereocenters. The van der Waals surface area contributed by atoms with Crippen molar-refractivity contribution in [2.75, 3.05) is 31.7 Å². The molecule has 15 nitrogen and oxygen atoms in total. The van der Waals surface area contributed by atoms with Crippen molar-refractivity contribution in [3.8, 4) is 0 Å². The summed E-state index contributed by atoms with van der Waals surface area (Å²) in [6, 6.07) is 5.58. The fourth-order valence-corrected chi connectivity index (χ4v) is 3.83. The minimum atomic E-state index is -4.93. The first-order valence-electron chi connectivity index (χ1n) is 8.58. The fourth-order valence-electron chi connectivity index (χ4n) is 2.45. The van der Waals surface area contributed by atoms with Crippen molar-refractivity contribution in [3.63, 3.8) is 0 Å². The zero-order valence-electron chi connectivity index (χ0n) is 16.8. The van der Waals surface area contributed by atoms with E-state index in [0.717, 1.165) is 6.07 Å². The standard InChI is InChI=1S/C16H17NO11S2.O3S/c18-14(8-27-4-5-28-9-15(19)20)17-12-3-1-2-10-6-11(29(21,22)23)7-13(16(10)12)30(24,25)26;1-4(2)3/h1-3,6-7H,4-5,8-9H2,(H,17,18)(H,19,20)(H,21,22,23)(H,24,25,26);. The molecule has 2 rings (SSSR count). The Hall–Kier alpha value is -3.00. The number of carboxylic acids is 1. The molecule has 0 aliphatic heterocycles. The van der Waals surface area contributed by atoms with Gasteiger partial charge < -0.3 is 19.9 Å². The minimum absolute atomic E-state index is 0.0125. The van der Waals surface area contributed by atoms with Crippen LogP contribution < -0.4 is 5.32 Å². The molecule has 1 amide bonds. The molecule has 0 aromatic heterocycles. The maximum absolute atomic E-state index is 12.1. The van der Waals surface area contributed by atoms with Crippen LogP contribution in [0.1, 0.15) is 0 Å². The van der Waals surface area contributed by atoms with E-state index in [1.807, 2.05) is 0 Å². The smallest absolute Gasteiger partial charge is 0.425 e. The Morgan fingerprint density at radius 2 is 1.47 bits per heavy atom. The maximum Gasteiger partial charge on any atom is 0.425 e. The monoisotopic (exact) mass is 543 g/mol. The number of carbonyl (C=O) groups excluding carboxylic acids is 1. The number of amides is 1. The van der Waals surface area contributed by atoms with Gasteiger partial charge in [0.2, 0.25) is 5.91 Å². The summed E-state index contributed by atoms with van der Waals surface area (Å²) in [6.45, 7) is -1.14. The Bertz CT molecular complexity index is 1380. The number of benzene rings is 2. The molecule has 2 aromatic rings. The summed E-state index contributed by atoms with van der Waals surface area (Å²) in [7, 11) is -12.8. The number of ether oxygens (including phenoxy) is 2. The van der Waals surface area contributed by atoms with E-state index in [4.69, 9.17) is 27.2 Å². The van der Waals surface area contributed by atoms with E-state index in [-0.39, 0.29) is 29.7 Å². The predicted octanol–water partition coefficient (Wildman–Crippen LogP) is -0.615. The van der Waals surface area contributed by atoms with Crippen molar-refractivity contribution in [1.82, 2.24) is 0 Å². The summed E-state index contributed by atoms with van der Waals surface area (Å²) in [5, 5.41) is 10.6. The first-order chi connectivity index (χ1) is 15.6. The summed E-state index contributed by atoms with van der Waals surface area (Å²) in [5.74, 6) is -1.86. The average Bonchev–Trinajstić information content (AvgIpc) is 2.68. The van der Waals surface area contributed by atoms with E-state index >= 15 is 0 Å². The summed E-state index contributed by atoms with van der Waals surface area (Å²) >= 11 is 0. The van der Waals surface area contributed by atoms with Gasteiger partial charge in [0.1, 0.15) is 18.1 Å². The number of nitrogens with one attached hydrogen (secondary N) is 1. The molecule has 0 aliphatic carbocycles. The van der Waals surface area contributed by atoms with Gasteiger partial charge in [0.05, 0.1) is 23.8 Å². The molecule has 0 unspecified atom stereocenters. The number of aliphatic carboxylic acids is 1. The average molecular weight is 544 g/mol. The Kier molecular flexibility index (Phi) is 10.6. The number of anilines is 1. The number of hydrogen-bond acceptors (Lipinski definition) is 11. The summed E-state index contributed by atoms with van der Waals surface area (Å²) < 4.78 is 100. The minimum Gasteiger partial charge on any atom is -0.480 e. The van der Waals surface area contributed by atoms with Crippen LogP contribution in [-0.4, -0.2) is 82.0 Å². The summed E-state index contributed by atoms with van der Waals surface area (Å²) in [5.41, 5.74) is -0.0576. The van der Waals surface area contributed by atoms with Crippen molar-refractivity contribution < 1.29 is 62.7 Å². The lowest BCUT2D eigenvalue weighted by Crippen LogP contribution is -2.20. The molecule has 0 bridgehead atoms. The van der Waals surface area contributed by atoms with Crippen LogP contribution in [0.4, 0.5) is 5.69 Å². The van der Waals surface area contributed by atoms with E-state index in [2.05, 4.69) is 5.32 Å². The van der Waals surface area contributed by atoms with E-state index in [0.29, 0.717) is 6.07 Å². The molecular weight excluding hydrogens is 526 g/mol. The molecule has 4 N–H and O–H groups in total. The van der Waals surface area contributed by atoms with Crippen molar-refractivity contribution in [2.45, 2.75) is 9.79 Å². The van der Waals surface area contributed by atoms with Crippen LogP contribution in [0.15, 0.2) is 40.1 Å². The normalized spacial score (nSPS) is 11.4. The highest BCUT2D eigenvalue weighted by Crippen LogP contribution is 2.32.